The van der Waals surface area contributed by atoms with Crippen LogP contribution in [0.15, 0.2) is 84.9 Å². The van der Waals surface area contributed by atoms with E-state index in [4.69, 9.17) is 5.11 Å². The summed E-state index contributed by atoms with van der Waals surface area (Å²) < 4.78 is 0. The molecule has 0 amide bonds. The third-order valence-electron chi connectivity index (χ3n) is 3.84. The summed E-state index contributed by atoms with van der Waals surface area (Å²) in [6.07, 6.45) is 0. The fraction of sp³-hybridized carbons (Fsp3) is 0.143. The van der Waals surface area contributed by atoms with Crippen molar-refractivity contribution in [2.45, 2.75) is 19.3 Å². The molecular formula is C21H22O2. The van der Waals surface area contributed by atoms with Crippen LogP contribution in [0.1, 0.15) is 25.0 Å². The number of benzene rings is 3. The van der Waals surface area contributed by atoms with Crippen LogP contribution < -0.4 is 0 Å². The Bertz CT molecular complexity index is 702. The molecule has 0 heterocycles. The van der Waals surface area contributed by atoms with Gasteiger partial charge in [0.1, 0.15) is 11.5 Å². The van der Waals surface area contributed by atoms with Gasteiger partial charge < -0.3 is 10.2 Å². The van der Waals surface area contributed by atoms with E-state index in [1.807, 2.05) is 24.3 Å². The van der Waals surface area contributed by atoms with Gasteiger partial charge in [-0.3, -0.25) is 0 Å². The second kappa shape index (κ2) is 7.50. The largest absolute Gasteiger partial charge is 0.508 e. The summed E-state index contributed by atoms with van der Waals surface area (Å²) in [5.74, 6) is 0.634. The summed E-state index contributed by atoms with van der Waals surface area (Å²) in [4.78, 5) is 0. The summed E-state index contributed by atoms with van der Waals surface area (Å²) >= 11 is 0. The summed E-state index contributed by atoms with van der Waals surface area (Å²) in [6.45, 7) is 4.38. The first kappa shape index (κ1) is 16.6. The second-order valence-corrected chi connectivity index (χ2v) is 5.87. The van der Waals surface area contributed by atoms with Gasteiger partial charge in [0.2, 0.25) is 0 Å². The van der Waals surface area contributed by atoms with Crippen molar-refractivity contribution in [2.24, 2.45) is 0 Å². The Morgan fingerprint density at radius 1 is 0.522 bits per heavy atom. The molecule has 0 aliphatic carbocycles. The van der Waals surface area contributed by atoms with Crippen LogP contribution in [0.5, 0.6) is 11.5 Å². The van der Waals surface area contributed by atoms with Gasteiger partial charge in [0.05, 0.1) is 0 Å². The molecule has 0 spiro atoms. The molecule has 3 rings (SSSR count). The van der Waals surface area contributed by atoms with Crippen LogP contribution in [0, 0.1) is 0 Å². The Morgan fingerprint density at radius 3 is 1.35 bits per heavy atom. The summed E-state index contributed by atoms with van der Waals surface area (Å²) in [6, 6.07) is 26.5. The molecule has 0 saturated heterocycles. The van der Waals surface area contributed by atoms with Crippen LogP contribution in [-0.2, 0) is 5.41 Å². The first-order chi connectivity index (χ1) is 11.0. The van der Waals surface area contributed by atoms with Gasteiger partial charge >= 0.3 is 0 Å². The van der Waals surface area contributed by atoms with E-state index in [1.165, 1.54) is 11.1 Å². The van der Waals surface area contributed by atoms with Gasteiger partial charge in [-0.1, -0.05) is 74.5 Å². The zero-order chi connectivity index (χ0) is 16.7. The number of hydrogen-bond acceptors (Lipinski definition) is 2. The first-order valence-corrected chi connectivity index (χ1v) is 7.59. The number of rotatable bonds is 2. The fourth-order valence-electron chi connectivity index (χ4n) is 2.33. The summed E-state index contributed by atoms with van der Waals surface area (Å²) in [7, 11) is 0. The lowest BCUT2D eigenvalue weighted by atomic mass is 9.78. The predicted molar refractivity (Wildman–Crippen MR) is 94.8 cm³/mol. The van der Waals surface area contributed by atoms with Crippen LogP contribution >= 0.6 is 0 Å². The minimum Gasteiger partial charge on any atom is -0.508 e. The van der Waals surface area contributed by atoms with Gasteiger partial charge in [-0.2, -0.15) is 0 Å². The molecule has 2 N–H and O–H groups in total. The van der Waals surface area contributed by atoms with Crippen LogP contribution in [0.4, 0.5) is 0 Å². The van der Waals surface area contributed by atoms with Gasteiger partial charge in [0.15, 0.2) is 0 Å². The molecule has 3 aromatic carbocycles. The van der Waals surface area contributed by atoms with Crippen LogP contribution in [-0.4, -0.2) is 10.2 Å². The van der Waals surface area contributed by atoms with Crippen molar-refractivity contribution in [3.8, 4) is 11.5 Å². The predicted octanol–water partition coefficient (Wildman–Crippen LogP) is 5.11. The van der Waals surface area contributed by atoms with Crippen molar-refractivity contribution in [3.05, 3.63) is 96.1 Å². The Morgan fingerprint density at radius 2 is 0.913 bits per heavy atom. The van der Waals surface area contributed by atoms with E-state index in [1.54, 1.807) is 36.4 Å². The summed E-state index contributed by atoms with van der Waals surface area (Å²) in [5, 5.41) is 17.9. The molecule has 2 heteroatoms. The molecule has 3 aromatic rings. The van der Waals surface area contributed by atoms with E-state index >= 15 is 0 Å². The topological polar surface area (TPSA) is 40.5 Å². The van der Waals surface area contributed by atoms with Gasteiger partial charge in [-0.05, 0) is 35.4 Å². The maximum absolute atomic E-state index is 9.29. The molecule has 2 nitrogen and oxygen atoms in total. The Kier molecular flexibility index (Phi) is 5.42. The molecule has 0 bridgehead atoms. The van der Waals surface area contributed by atoms with Crippen molar-refractivity contribution >= 4 is 0 Å². The average Bonchev–Trinajstić information content (AvgIpc) is 2.57. The lowest BCUT2D eigenvalue weighted by Gasteiger charge is -2.26. The van der Waals surface area contributed by atoms with E-state index in [0.717, 1.165) is 0 Å². The van der Waals surface area contributed by atoms with Gasteiger partial charge in [0.25, 0.3) is 0 Å². The second-order valence-electron chi connectivity index (χ2n) is 5.87. The van der Waals surface area contributed by atoms with Crippen molar-refractivity contribution in [1.29, 1.82) is 0 Å². The average molecular weight is 306 g/mol. The first-order valence-electron chi connectivity index (χ1n) is 7.59. The number of aromatic hydroxyl groups is 2. The van der Waals surface area contributed by atoms with Gasteiger partial charge in [-0.15, -0.1) is 0 Å². The number of phenolic OH excluding ortho intramolecular Hbond substituents is 2. The molecule has 0 fully saturated rings. The van der Waals surface area contributed by atoms with Crippen molar-refractivity contribution in [3.63, 3.8) is 0 Å². The normalized spacial score (nSPS) is 10.5. The van der Waals surface area contributed by atoms with E-state index in [-0.39, 0.29) is 5.41 Å². The highest BCUT2D eigenvalue weighted by molar-refractivity contribution is 5.39. The molecule has 23 heavy (non-hydrogen) atoms. The Hall–Kier alpha value is -2.74. The molecule has 0 unspecified atom stereocenters. The highest BCUT2D eigenvalue weighted by Gasteiger charge is 2.22. The van der Waals surface area contributed by atoms with Gasteiger partial charge in [0, 0.05) is 5.41 Å². The molecule has 0 aliphatic heterocycles. The minimum atomic E-state index is -0.0328. The highest BCUT2D eigenvalue weighted by atomic mass is 16.3. The van der Waals surface area contributed by atoms with E-state index in [0.29, 0.717) is 11.5 Å². The fourth-order valence-corrected chi connectivity index (χ4v) is 2.33. The van der Waals surface area contributed by atoms with Gasteiger partial charge in [-0.25, -0.2) is 0 Å². The smallest absolute Gasteiger partial charge is 0.115 e. The maximum atomic E-state index is 9.29. The quantitative estimate of drug-likeness (QED) is 0.690. The Balaban J connectivity index is 0.000000229. The van der Waals surface area contributed by atoms with Crippen LogP contribution in [0.3, 0.4) is 0 Å². The third-order valence-corrected chi connectivity index (χ3v) is 3.84. The number of para-hydroxylation sites is 1. The maximum Gasteiger partial charge on any atom is 0.115 e. The van der Waals surface area contributed by atoms with Crippen LogP contribution in [0.2, 0.25) is 0 Å². The molecule has 0 saturated carbocycles. The molecule has 118 valence electrons. The standard InChI is InChI=1S/C15H16O.C6H6O/c1-15(2,12-6-4-3-5-7-12)13-8-10-14(16)11-9-13;7-6-4-2-1-3-5-6/h3-11,16H,1-2H3;1-5,7H. The summed E-state index contributed by atoms with van der Waals surface area (Å²) in [5.41, 5.74) is 2.45. The molecule has 0 aliphatic rings. The third kappa shape index (κ3) is 4.62. The van der Waals surface area contributed by atoms with Crippen molar-refractivity contribution < 1.29 is 10.2 Å². The molecule has 0 aromatic heterocycles. The zero-order valence-corrected chi connectivity index (χ0v) is 13.5. The minimum absolute atomic E-state index is 0.0328. The van der Waals surface area contributed by atoms with Crippen LogP contribution in [0.25, 0.3) is 0 Å². The van der Waals surface area contributed by atoms with E-state index < -0.39 is 0 Å². The zero-order valence-electron chi connectivity index (χ0n) is 13.5. The number of hydrogen-bond donors (Lipinski definition) is 2. The SMILES string of the molecule is CC(C)(c1ccccc1)c1ccc(O)cc1.Oc1ccccc1. The molecule has 0 radical (unpaired) electrons. The monoisotopic (exact) mass is 306 g/mol. The lowest BCUT2D eigenvalue weighted by Crippen LogP contribution is -2.18. The lowest BCUT2D eigenvalue weighted by molar-refractivity contribution is 0.474. The van der Waals surface area contributed by atoms with E-state index in [2.05, 4.69) is 38.1 Å². The molecule has 0 atom stereocenters. The Labute approximate surface area is 137 Å². The number of phenols is 2. The molecular weight excluding hydrogens is 284 g/mol. The van der Waals surface area contributed by atoms with E-state index in [9.17, 15) is 5.11 Å². The highest BCUT2D eigenvalue weighted by Crippen LogP contribution is 2.31. The van der Waals surface area contributed by atoms with Crippen molar-refractivity contribution in [2.75, 3.05) is 0 Å². The van der Waals surface area contributed by atoms with Crippen molar-refractivity contribution in [1.82, 2.24) is 0 Å².